The molecular formula is C12H10N2O4S. The van der Waals surface area contributed by atoms with Gasteiger partial charge in [0, 0.05) is 12.0 Å². The van der Waals surface area contributed by atoms with E-state index in [0.29, 0.717) is 10.9 Å². The maximum Gasteiger partial charge on any atom is 0.345 e. The van der Waals surface area contributed by atoms with Crippen molar-refractivity contribution in [2.24, 2.45) is 0 Å². The van der Waals surface area contributed by atoms with Crippen LogP contribution in [0.2, 0.25) is 0 Å². The van der Waals surface area contributed by atoms with E-state index >= 15 is 0 Å². The van der Waals surface area contributed by atoms with Gasteiger partial charge in [-0.2, -0.15) is 0 Å². The molecule has 2 heterocycles. The molecule has 3 rings (SSSR count). The van der Waals surface area contributed by atoms with Crippen LogP contribution in [0, 0.1) is 0 Å². The summed E-state index contributed by atoms with van der Waals surface area (Å²) < 4.78 is 5.09. The first-order valence-electron chi connectivity index (χ1n) is 5.74. The molecule has 0 aromatic carbocycles. The number of carbonyl (C=O) groups is 2. The molecule has 0 atom stereocenters. The molecule has 0 spiro atoms. The predicted molar refractivity (Wildman–Crippen MR) is 67.7 cm³/mol. The number of carbonyl (C=O) groups excluding carboxylic acids is 1. The summed E-state index contributed by atoms with van der Waals surface area (Å²) in [4.78, 5) is 22.8. The third-order valence-corrected chi connectivity index (χ3v) is 3.78. The molecule has 19 heavy (non-hydrogen) atoms. The lowest BCUT2D eigenvalue weighted by Gasteiger charge is -1.96. The zero-order valence-electron chi connectivity index (χ0n) is 9.75. The average molecular weight is 278 g/mol. The van der Waals surface area contributed by atoms with Gasteiger partial charge in [-0.3, -0.25) is 4.79 Å². The van der Waals surface area contributed by atoms with Gasteiger partial charge < -0.3 is 14.9 Å². The monoisotopic (exact) mass is 278 g/mol. The van der Waals surface area contributed by atoms with E-state index in [9.17, 15) is 9.59 Å². The zero-order valence-corrected chi connectivity index (χ0v) is 10.6. The molecule has 1 aliphatic carbocycles. The van der Waals surface area contributed by atoms with E-state index in [-0.39, 0.29) is 10.6 Å². The van der Waals surface area contributed by atoms with E-state index < -0.39 is 11.9 Å². The van der Waals surface area contributed by atoms with Crippen molar-refractivity contribution >= 4 is 28.2 Å². The molecule has 0 saturated heterocycles. The van der Waals surface area contributed by atoms with Crippen LogP contribution in [0.5, 0.6) is 0 Å². The lowest BCUT2D eigenvalue weighted by atomic mass is 10.3. The van der Waals surface area contributed by atoms with Crippen molar-refractivity contribution in [1.82, 2.24) is 5.16 Å². The van der Waals surface area contributed by atoms with Gasteiger partial charge in [0.05, 0.1) is 5.00 Å². The molecule has 6 nitrogen and oxygen atoms in total. The number of aromatic nitrogens is 1. The Bertz CT molecular complexity index is 642. The van der Waals surface area contributed by atoms with Crippen LogP contribution in [0.15, 0.2) is 22.7 Å². The number of hydrogen-bond acceptors (Lipinski definition) is 5. The Morgan fingerprint density at radius 2 is 2.21 bits per heavy atom. The minimum atomic E-state index is -1.01. The lowest BCUT2D eigenvalue weighted by Crippen LogP contribution is -2.11. The van der Waals surface area contributed by atoms with Crippen molar-refractivity contribution in [3.05, 3.63) is 34.5 Å². The first kappa shape index (κ1) is 11.9. The second kappa shape index (κ2) is 4.51. The van der Waals surface area contributed by atoms with Gasteiger partial charge in [-0.15, -0.1) is 11.3 Å². The lowest BCUT2D eigenvalue weighted by molar-refractivity contribution is 0.0702. The number of aromatic carboxylic acids is 1. The highest BCUT2D eigenvalue weighted by Gasteiger charge is 2.29. The Hall–Kier alpha value is -2.15. The summed E-state index contributed by atoms with van der Waals surface area (Å²) in [7, 11) is 0. The van der Waals surface area contributed by atoms with E-state index in [4.69, 9.17) is 9.63 Å². The fourth-order valence-electron chi connectivity index (χ4n) is 1.65. The van der Waals surface area contributed by atoms with Gasteiger partial charge in [-0.25, -0.2) is 4.79 Å². The average Bonchev–Trinajstić information content (AvgIpc) is 2.92. The summed E-state index contributed by atoms with van der Waals surface area (Å²) in [6.07, 6.45) is 2.15. The molecule has 7 heteroatoms. The first-order valence-corrected chi connectivity index (χ1v) is 6.56. The number of anilines is 1. The summed E-state index contributed by atoms with van der Waals surface area (Å²) in [5.41, 5.74) is 0.215. The number of carboxylic acids is 1. The van der Waals surface area contributed by atoms with Crippen LogP contribution in [-0.2, 0) is 0 Å². The maximum atomic E-state index is 11.9. The Kier molecular flexibility index (Phi) is 2.83. The third kappa shape index (κ3) is 2.50. The van der Waals surface area contributed by atoms with E-state index in [1.807, 2.05) is 0 Å². The Labute approximate surface area is 112 Å². The zero-order chi connectivity index (χ0) is 13.4. The normalized spacial score (nSPS) is 14.3. The highest BCUT2D eigenvalue weighted by molar-refractivity contribution is 7.18. The smallest absolute Gasteiger partial charge is 0.345 e. The molecule has 1 aliphatic rings. The topological polar surface area (TPSA) is 92.4 Å². The molecular weight excluding hydrogens is 268 g/mol. The quantitative estimate of drug-likeness (QED) is 0.896. The van der Waals surface area contributed by atoms with Crippen molar-refractivity contribution in [2.45, 2.75) is 18.8 Å². The van der Waals surface area contributed by atoms with E-state index in [1.165, 1.54) is 6.07 Å². The number of nitrogens with one attached hydrogen (secondary N) is 1. The standard InChI is InChI=1S/C12H10N2O4S/c15-11(7-5-8(18-14-7)6-1-2-6)13-10-4-3-9(19-10)12(16)17/h3-6H,1-2H2,(H,13,15)(H,16,17). The van der Waals surface area contributed by atoms with Gasteiger partial charge in [0.1, 0.15) is 10.6 Å². The predicted octanol–water partition coefficient (Wildman–Crippen LogP) is 2.56. The second-order valence-corrected chi connectivity index (χ2v) is 5.40. The molecule has 2 aromatic heterocycles. The highest BCUT2D eigenvalue weighted by atomic mass is 32.1. The molecule has 1 saturated carbocycles. The largest absolute Gasteiger partial charge is 0.477 e. The van der Waals surface area contributed by atoms with Crippen LogP contribution in [0.25, 0.3) is 0 Å². The molecule has 0 radical (unpaired) electrons. The van der Waals surface area contributed by atoms with Crippen molar-refractivity contribution in [2.75, 3.05) is 5.32 Å². The molecule has 1 fully saturated rings. The molecule has 2 aromatic rings. The summed E-state index contributed by atoms with van der Waals surface area (Å²) in [5.74, 6) is -0.269. The number of amides is 1. The number of carboxylic acid groups (broad SMARTS) is 1. The summed E-state index contributed by atoms with van der Waals surface area (Å²) in [6, 6.07) is 4.63. The third-order valence-electron chi connectivity index (χ3n) is 2.79. The van der Waals surface area contributed by atoms with E-state index in [0.717, 1.165) is 29.9 Å². The van der Waals surface area contributed by atoms with E-state index in [2.05, 4.69) is 10.5 Å². The minimum absolute atomic E-state index is 0.175. The van der Waals surface area contributed by atoms with Gasteiger partial charge in [0.15, 0.2) is 5.69 Å². The maximum absolute atomic E-state index is 11.9. The Balaban J connectivity index is 1.70. The number of hydrogen-bond donors (Lipinski definition) is 2. The molecule has 0 aliphatic heterocycles. The van der Waals surface area contributed by atoms with Gasteiger partial charge in [-0.05, 0) is 25.0 Å². The van der Waals surface area contributed by atoms with Gasteiger partial charge in [0.2, 0.25) is 0 Å². The summed E-state index contributed by atoms with van der Waals surface area (Å²) in [6.45, 7) is 0. The van der Waals surface area contributed by atoms with Crippen LogP contribution in [0.1, 0.15) is 44.7 Å². The van der Waals surface area contributed by atoms with E-state index in [1.54, 1.807) is 12.1 Å². The van der Waals surface area contributed by atoms with Gasteiger partial charge in [-0.1, -0.05) is 5.16 Å². The molecule has 2 N–H and O–H groups in total. The van der Waals surface area contributed by atoms with Crippen molar-refractivity contribution in [3.8, 4) is 0 Å². The van der Waals surface area contributed by atoms with Crippen LogP contribution < -0.4 is 5.32 Å². The summed E-state index contributed by atoms with van der Waals surface area (Å²) in [5, 5.41) is 15.6. The number of thiophene rings is 1. The van der Waals surface area contributed by atoms with Crippen LogP contribution in [0.4, 0.5) is 5.00 Å². The van der Waals surface area contributed by atoms with Crippen molar-refractivity contribution in [3.63, 3.8) is 0 Å². The van der Waals surface area contributed by atoms with Crippen molar-refractivity contribution < 1.29 is 19.2 Å². The molecule has 1 amide bonds. The highest BCUT2D eigenvalue weighted by Crippen LogP contribution is 2.40. The van der Waals surface area contributed by atoms with Gasteiger partial charge >= 0.3 is 5.97 Å². The van der Waals surface area contributed by atoms with Crippen LogP contribution in [0.3, 0.4) is 0 Å². The van der Waals surface area contributed by atoms with Crippen molar-refractivity contribution in [1.29, 1.82) is 0 Å². The summed E-state index contributed by atoms with van der Waals surface area (Å²) >= 11 is 1.000. The second-order valence-electron chi connectivity index (χ2n) is 4.31. The number of nitrogens with zero attached hydrogens (tertiary/aromatic N) is 1. The fraction of sp³-hybridized carbons (Fsp3) is 0.250. The number of rotatable bonds is 4. The first-order chi connectivity index (χ1) is 9.13. The van der Waals surface area contributed by atoms with Crippen LogP contribution >= 0.6 is 11.3 Å². The fourth-order valence-corrected chi connectivity index (χ4v) is 2.39. The van der Waals surface area contributed by atoms with Gasteiger partial charge in [0.25, 0.3) is 5.91 Å². The minimum Gasteiger partial charge on any atom is -0.477 e. The molecule has 0 bridgehead atoms. The Morgan fingerprint density at radius 3 is 2.84 bits per heavy atom. The molecule has 98 valence electrons. The SMILES string of the molecule is O=C(Nc1ccc(C(=O)O)s1)c1cc(C2CC2)on1. The molecule has 0 unspecified atom stereocenters. The van der Waals surface area contributed by atoms with Crippen LogP contribution in [-0.4, -0.2) is 22.1 Å². The Morgan fingerprint density at radius 1 is 1.42 bits per heavy atom.